The molecule has 1 amide bonds. The first-order valence-corrected chi connectivity index (χ1v) is 6.12. The third kappa shape index (κ3) is 3.24. The second-order valence-electron chi connectivity index (χ2n) is 4.16. The Bertz CT molecular complexity index is 638. The van der Waals surface area contributed by atoms with Gasteiger partial charge >= 0.3 is 0 Å². The second kappa shape index (κ2) is 5.88. The maximum Gasteiger partial charge on any atom is 0.248 e. The van der Waals surface area contributed by atoms with Crippen LogP contribution < -0.4 is 11.1 Å². The van der Waals surface area contributed by atoms with E-state index in [1.807, 2.05) is 0 Å². The molecule has 0 fully saturated rings. The highest BCUT2D eigenvalue weighted by Gasteiger charge is 2.10. The van der Waals surface area contributed by atoms with Crippen molar-refractivity contribution >= 4 is 23.2 Å². The van der Waals surface area contributed by atoms with Crippen LogP contribution in [0.4, 0.5) is 14.5 Å². The Morgan fingerprint density at radius 3 is 2.65 bits per heavy atom. The number of halogens is 3. The number of anilines is 1. The molecule has 2 rings (SSSR count). The van der Waals surface area contributed by atoms with Crippen molar-refractivity contribution in [1.82, 2.24) is 0 Å². The molecule has 3 nitrogen and oxygen atoms in total. The highest BCUT2D eigenvalue weighted by Crippen LogP contribution is 2.26. The molecule has 0 heterocycles. The molecular weight excluding hydrogens is 286 g/mol. The van der Waals surface area contributed by atoms with Crippen LogP contribution in [0.3, 0.4) is 0 Å². The van der Waals surface area contributed by atoms with E-state index in [2.05, 4.69) is 5.32 Å². The summed E-state index contributed by atoms with van der Waals surface area (Å²) >= 11 is 5.77. The monoisotopic (exact) mass is 296 g/mol. The molecule has 0 saturated carbocycles. The van der Waals surface area contributed by atoms with Crippen molar-refractivity contribution in [3.05, 3.63) is 64.2 Å². The zero-order valence-electron chi connectivity index (χ0n) is 10.3. The number of carbonyl (C=O) groups is 1. The van der Waals surface area contributed by atoms with E-state index in [-0.39, 0.29) is 17.3 Å². The molecule has 0 aliphatic carbocycles. The van der Waals surface area contributed by atoms with Crippen LogP contribution in [-0.2, 0) is 6.54 Å². The molecule has 3 N–H and O–H groups in total. The number of hydrogen-bond donors (Lipinski definition) is 2. The van der Waals surface area contributed by atoms with Crippen molar-refractivity contribution in [2.75, 3.05) is 5.32 Å². The van der Waals surface area contributed by atoms with E-state index in [1.54, 1.807) is 24.3 Å². The van der Waals surface area contributed by atoms with Gasteiger partial charge in [0.2, 0.25) is 5.91 Å². The first kappa shape index (κ1) is 14.3. The third-order valence-electron chi connectivity index (χ3n) is 2.69. The van der Waals surface area contributed by atoms with Crippen LogP contribution in [0.5, 0.6) is 0 Å². The zero-order valence-corrected chi connectivity index (χ0v) is 11.0. The molecule has 20 heavy (non-hydrogen) atoms. The lowest BCUT2D eigenvalue weighted by atomic mass is 10.1. The van der Waals surface area contributed by atoms with Crippen molar-refractivity contribution < 1.29 is 13.6 Å². The van der Waals surface area contributed by atoms with E-state index in [9.17, 15) is 13.6 Å². The molecule has 0 aliphatic rings. The van der Waals surface area contributed by atoms with Crippen molar-refractivity contribution in [1.29, 1.82) is 0 Å². The maximum absolute atomic E-state index is 13.6. The van der Waals surface area contributed by atoms with Crippen molar-refractivity contribution in [3.63, 3.8) is 0 Å². The normalized spacial score (nSPS) is 10.3. The van der Waals surface area contributed by atoms with Crippen molar-refractivity contribution in [2.24, 2.45) is 5.73 Å². The topological polar surface area (TPSA) is 55.1 Å². The van der Waals surface area contributed by atoms with Gasteiger partial charge in [-0.05, 0) is 23.8 Å². The predicted molar refractivity (Wildman–Crippen MR) is 73.7 cm³/mol. The molecule has 0 atom stereocenters. The lowest BCUT2D eigenvalue weighted by Crippen LogP contribution is -2.11. The Kier molecular flexibility index (Phi) is 4.20. The van der Waals surface area contributed by atoms with Crippen molar-refractivity contribution in [3.8, 4) is 0 Å². The number of amides is 1. The summed E-state index contributed by atoms with van der Waals surface area (Å²) < 4.78 is 26.5. The molecule has 104 valence electrons. The van der Waals surface area contributed by atoms with E-state index in [1.165, 1.54) is 0 Å². The number of nitrogens with two attached hydrogens (primary N) is 1. The number of nitrogens with one attached hydrogen (secondary N) is 1. The SMILES string of the molecule is NC(=O)c1cccc(CNc2c(F)cc(F)cc2Cl)c1. The van der Waals surface area contributed by atoms with Crippen LogP contribution in [0, 0.1) is 11.6 Å². The second-order valence-corrected chi connectivity index (χ2v) is 4.57. The lowest BCUT2D eigenvalue weighted by Gasteiger charge is -2.10. The number of hydrogen-bond acceptors (Lipinski definition) is 2. The quantitative estimate of drug-likeness (QED) is 0.909. The van der Waals surface area contributed by atoms with Gasteiger partial charge in [-0.1, -0.05) is 23.7 Å². The molecule has 2 aromatic carbocycles. The third-order valence-corrected chi connectivity index (χ3v) is 2.99. The first-order valence-electron chi connectivity index (χ1n) is 5.74. The maximum atomic E-state index is 13.6. The fourth-order valence-corrected chi connectivity index (χ4v) is 2.00. The molecule has 6 heteroatoms. The standard InChI is InChI=1S/C14H11ClF2N2O/c15-11-5-10(16)6-12(17)13(11)19-7-8-2-1-3-9(4-8)14(18)20/h1-6,19H,7H2,(H2,18,20). The average molecular weight is 297 g/mol. The Balaban J connectivity index is 2.17. The first-order chi connectivity index (χ1) is 9.47. The molecule has 0 aromatic heterocycles. The summed E-state index contributed by atoms with van der Waals surface area (Å²) in [4.78, 5) is 11.1. The fraction of sp³-hybridized carbons (Fsp3) is 0.0714. The summed E-state index contributed by atoms with van der Waals surface area (Å²) in [6.45, 7) is 0.226. The van der Waals surface area contributed by atoms with Gasteiger partial charge < -0.3 is 11.1 Å². The Morgan fingerprint density at radius 2 is 2.00 bits per heavy atom. The Morgan fingerprint density at radius 1 is 1.25 bits per heavy atom. The Hall–Kier alpha value is -2.14. The average Bonchev–Trinajstić information content (AvgIpc) is 2.37. The van der Waals surface area contributed by atoms with Gasteiger partial charge in [0, 0.05) is 18.2 Å². The summed E-state index contributed by atoms with van der Waals surface area (Å²) in [6.07, 6.45) is 0. The largest absolute Gasteiger partial charge is 0.377 e. The summed E-state index contributed by atoms with van der Waals surface area (Å²) in [5.41, 5.74) is 6.26. The van der Waals surface area contributed by atoms with Crippen LogP contribution in [-0.4, -0.2) is 5.91 Å². The van der Waals surface area contributed by atoms with Crippen LogP contribution in [0.25, 0.3) is 0 Å². The van der Waals surface area contributed by atoms with E-state index in [0.29, 0.717) is 5.56 Å². The lowest BCUT2D eigenvalue weighted by molar-refractivity contribution is 0.1000. The van der Waals surface area contributed by atoms with Gasteiger partial charge in [0.1, 0.15) is 5.82 Å². The van der Waals surface area contributed by atoms with Gasteiger partial charge in [-0.25, -0.2) is 8.78 Å². The molecule has 0 radical (unpaired) electrons. The van der Waals surface area contributed by atoms with Gasteiger partial charge in [-0.15, -0.1) is 0 Å². The van der Waals surface area contributed by atoms with Gasteiger partial charge in [0.05, 0.1) is 10.7 Å². The minimum Gasteiger partial charge on any atom is -0.377 e. The summed E-state index contributed by atoms with van der Waals surface area (Å²) in [7, 11) is 0. The van der Waals surface area contributed by atoms with Crippen molar-refractivity contribution in [2.45, 2.75) is 6.54 Å². The van der Waals surface area contributed by atoms with Crippen LogP contribution in [0.2, 0.25) is 5.02 Å². The van der Waals surface area contributed by atoms with E-state index in [0.717, 1.165) is 17.7 Å². The summed E-state index contributed by atoms with van der Waals surface area (Å²) in [5.74, 6) is -2.06. The van der Waals surface area contributed by atoms with E-state index >= 15 is 0 Å². The smallest absolute Gasteiger partial charge is 0.248 e. The molecule has 2 aromatic rings. The minimum atomic E-state index is -0.777. The van der Waals surface area contributed by atoms with Gasteiger partial charge in [-0.3, -0.25) is 4.79 Å². The fourth-order valence-electron chi connectivity index (χ4n) is 1.74. The van der Waals surface area contributed by atoms with Gasteiger partial charge in [0.25, 0.3) is 0 Å². The number of benzene rings is 2. The molecule has 0 spiro atoms. The van der Waals surface area contributed by atoms with Gasteiger partial charge in [0.15, 0.2) is 5.82 Å². The van der Waals surface area contributed by atoms with E-state index in [4.69, 9.17) is 17.3 Å². The Labute approximate surface area is 119 Å². The molecule has 0 saturated heterocycles. The van der Waals surface area contributed by atoms with E-state index < -0.39 is 17.5 Å². The minimum absolute atomic E-state index is 0.0116. The van der Waals surface area contributed by atoms with Crippen LogP contribution >= 0.6 is 11.6 Å². The summed E-state index contributed by atoms with van der Waals surface area (Å²) in [5, 5.41) is 2.72. The highest BCUT2D eigenvalue weighted by molar-refractivity contribution is 6.33. The number of carbonyl (C=O) groups excluding carboxylic acids is 1. The van der Waals surface area contributed by atoms with Crippen LogP contribution in [0.1, 0.15) is 15.9 Å². The summed E-state index contributed by atoms with van der Waals surface area (Å²) in [6, 6.07) is 8.34. The number of rotatable bonds is 4. The van der Waals surface area contributed by atoms with Crippen LogP contribution in [0.15, 0.2) is 36.4 Å². The molecule has 0 unspecified atom stereocenters. The molecule has 0 aliphatic heterocycles. The number of primary amides is 1. The zero-order chi connectivity index (χ0) is 14.7. The highest BCUT2D eigenvalue weighted by atomic mass is 35.5. The predicted octanol–water partition coefficient (Wildman–Crippen LogP) is 3.33. The molecule has 0 bridgehead atoms. The molecular formula is C14H11ClF2N2O. The van der Waals surface area contributed by atoms with Gasteiger partial charge in [-0.2, -0.15) is 0 Å².